The van der Waals surface area contributed by atoms with Gasteiger partial charge in [0.2, 0.25) is 0 Å². The van der Waals surface area contributed by atoms with Gasteiger partial charge in [0.15, 0.2) is 0 Å². The molecule has 7 nitrogen and oxygen atoms in total. The molecule has 1 aliphatic rings. The summed E-state index contributed by atoms with van der Waals surface area (Å²) < 4.78 is 8.09. The van der Waals surface area contributed by atoms with Gasteiger partial charge in [0.1, 0.15) is 12.4 Å². The molecule has 158 valence electrons. The second-order valence-electron chi connectivity index (χ2n) is 9.04. The molecule has 3 rings (SSSR count). The molecule has 1 aromatic carbocycles. The summed E-state index contributed by atoms with van der Waals surface area (Å²) in [4.78, 5) is 17.7. The van der Waals surface area contributed by atoms with Gasteiger partial charge in [-0.1, -0.05) is 31.8 Å². The molecule has 0 radical (unpaired) electrons. The minimum Gasteiger partial charge on any atom is -0.366 e. The first-order valence-electron chi connectivity index (χ1n) is 10.3. The van der Waals surface area contributed by atoms with E-state index in [4.69, 9.17) is 4.74 Å². The predicted octanol–water partition coefficient (Wildman–Crippen LogP) is 4.80. The molecule has 1 saturated heterocycles. The van der Waals surface area contributed by atoms with Crippen molar-refractivity contribution < 1.29 is 9.66 Å². The number of nitro benzene ring substituents is 1. The number of piperidine rings is 1. The van der Waals surface area contributed by atoms with Crippen molar-refractivity contribution >= 4 is 19.4 Å². The SMILES string of the molecule is Cc1ncn(COCC[Si](C)(C)C)c1C1CCN(c2ccccc2[N+](=O)[O-])CC1. The van der Waals surface area contributed by atoms with E-state index in [1.807, 2.05) is 18.5 Å². The average Bonchev–Trinajstić information content (AvgIpc) is 3.05. The van der Waals surface area contributed by atoms with Crippen LogP contribution in [0, 0.1) is 17.0 Å². The van der Waals surface area contributed by atoms with Crippen molar-refractivity contribution in [1.29, 1.82) is 0 Å². The third kappa shape index (κ3) is 5.45. The van der Waals surface area contributed by atoms with Crippen LogP contribution < -0.4 is 4.90 Å². The zero-order chi connectivity index (χ0) is 21.0. The highest BCUT2D eigenvalue weighted by Gasteiger charge is 2.28. The molecule has 0 atom stereocenters. The van der Waals surface area contributed by atoms with Crippen LogP contribution in [0.5, 0.6) is 0 Å². The van der Waals surface area contributed by atoms with Gasteiger partial charge in [0, 0.05) is 45.4 Å². The van der Waals surface area contributed by atoms with Crippen LogP contribution in [0.2, 0.25) is 25.7 Å². The number of benzene rings is 1. The summed E-state index contributed by atoms with van der Waals surface area (Å²) in [5, 5.41) is 11.3. The van der Waals surface area contributed by atoms with E-state index in [0.717, 1.165) is 50.0 Å². The lowest BCUT2D eigenvalue weighted by Gasteiger charge is -2.34. The number of para-hydroxylation sites is 2. The van der Waals surface area contributed by atoms with Crippen molar-refractivity contribution in [2.24, 2.45) is 0 Å². The number of hydrogen-bond acceptors (Lipinski definition) is 5. The fourth-order valence-electron chi connectivity index (χ4n) is 3.95. The number of nitrogens with zero attached hydrogens (tertiary/aromatic N) is 4. The molecule has 2 heterocycles. The lowest BCUT2D eigenvalue weighted by atomic mass is 9.92. The molecular formula is C21H32N4O3Si. The van der Waals surface area contributed by atoms with Gasteiger partial charge in [-0.25, -0.2) is 4.98 Å². The van der Waals surface area contributed by atoms with Gasteiger partial charge < -0.3 is 14.2 Å². The number of aryl methyl sites for hydroxylation is 1. The highest BCUT2D eigenvalue weighted by Crippen LogP contribution is 2.35. The van der Waals surface area contributed by atoms with Crippen LogP contribution in [0.1, 0.15) is 30.1 Å². The summed E-state index contributed by atoms with van der Waals surface area (Å²) in [5.74, 6) is 0.400. The Hall–Kier alpha value is -2.19. The Bertz CT molecular complexity index is 839. The fraction of sp³-hybridized carbons (Fsp3) is 0.571. The third-order valence-electron chi connectivity index (χ3n) is 5.60. The molecule has 0 aliphatic carbocycles. The van der Waals surface area contributed by atoms with Crippen molar-refractivity contribution in [3.05, 3.63) is 52.1 Å². The molecule has 0 amide bonds. The summed E-state index contributed by atoms with van der Waals surface area (Å²) in [6.45, 7) is 12.1. The number of anilines is 1. The Balaban J connectivity index is 1.63. The first kappa shape index (κ1) is 21.5. The minimum absolute atomic E-state index is 0.183. The first-order valence-corrected chi connectivity index (χ1v) is 14.0. The van der Waals surface area contributed by atoms with Crippen LogP contribution >= 0.6 is 0 Å². The standard InChI is InChI=1S/C21H32N4O3Si/c1-17-21(24(15-22-17)16-28-13-14-29(2,3)4)18-9-11-23(12-10-18)19-7-5-6-8-20(19)25(26)27/h5-8,15,18H,9-14,16H2,1-4H3. The number of ether oxygens (including phenoxy) is 1. The third-order valence-corrected chi connectivity index (χ3v) is 7.30. The highest BCUT2D eigenvalue weighted by molar-refractivity contribution is 6.76. The second-order valence-corrected chi connectivity index (χ2v) is 14.7. The normalized spacial score (nSPS) is 15.7. The summed E-state index contributed by atoms with van der Waals surface area (Å²) in [6.07, 6.45) is 3.79. The summed E-state index contributed by atoms with van der Waals surface area (Å²) in [5.41, 5.74) is 3.21. The molecule has 1 fully saturated rings. The monoisotopic (exact) mass is 416 g/mol. The maximum Gasteiger partial charge on any atom is 0.292 e. The van der Waals surface area contributed by atoms with Crippen molar-refractivity contribution in [3.63, 3.8) is 0 Å². The topological polar surface area (TPSA) is 73.4 Å². The van der Waals surface area contributed by atoms with E-state index in [-0.39, 0.29) is 10.6 Å². The lowest BCUT2D eigenvalue weighted by molar-refractivity contribution is -0.384. The zero-order valence-corrected chi connectivity index (χ0v) is 18.9. The van der Waals surface area contributed by atoms with Crippen molar-refractivity contribution in [2.75, 3.05) is 24.6 Å². The zero-order valence-electron chi connectivity index (χ0n) is 17.9. The number of rotatable bonds is 8. The molecule has 1 aromatic heterocycles. The molecule has 0 saturated carbocycles. The van der Waals surface area contributed by atoms with E-state index in [2.05, 4.69) is 41.0 Å². The molecule has 0 N–H and O–H groups in total. The predicted molar refractivity (Wildman–Crippen MR) is 118 cm³/mol. The number of imidazole rings is 1. The van der Waals surface area contributed by atoms with Gasteiger partial charge in [-0.05, 0) is 31.9 Å². The Morgan fingerprint density at radius 2 is 1.93 bits per heavy atom. The Labute approximate surface area is 173 Å². The number of aromatic nitrogens is 2. The van der Waals surface area contributed by atoms with E-state index < -0.39 is 8.07 Å². The molecule has 2 aromatic rings. The van der Waals surface area contributed by atoms with E-state index in [1.165, 1.54) is 5.69 Å². The molecule has 0 bridgehead atoms. The first-order chi connectivity index (χ1) is 13.8. The minimum atomic E-state index is -1.09. The Morgan fingerprint density at radius 1 is 1.24 bits per heavy atom. The van der Waals surface area contributed by atoms with E-state index in [9.17, 15) is 10.1 Å². The van der Waals surface area contributed by atoms with Gasteiger partial charge in [0.05, 0.1) is 16.9 Å². The van der Waals surface area contributed by atoms with E-state index >= 15 is 0 Å². The second kappa shape index (κ2) is 9.09. The molecule has 0 unspecified atom stereocenters. The molecule has 29 heavy (non-hydrogen) atoms. The van der Waals surface area contributed by atoms with Crippen LogP contribution in [0.25, 0.3) is 0 Å². The maximum atomic E-state index is 11.3. The van der Waals surface area contributed by atoms with Crippen LogP contribution in [-0.4, -0.2) is 42.2 Å². The molecule has 8 heteroatoms. The molecule has 0 spiro atoms. The largest absolute Gasteiger partial charge is 0.366 e. The van der Waals surface area contributed by atoms with E-state index in [1.54, 1.807) is 12.1 Å². The smallest absolute Gasteiger partial charge is 0.292 e. The van der Waals surface area contributed by atoms with Crippen molar-refractivity contribution in [2.45, 2.75) is 58.1 Å². The van der Waals surface area contributed by atoms with Crippen molar-refractivity contribution in [1.82, 2.24) is 9.55 Å². The van der Waals surface area contributed by atoms with E-state index in [0.29, 0.717) is 12.6 Å². The van der Waals surface area contributed by atoms with Crippen molar-refractivity contribution in [3.8, 4) is 0 Å². The molecular weight excluding hydrogens is 384 g/mol. The Morgan fingerprint density at radius 3 is 2.59 bits per heavy atom. The fourth-order valence-corrected chi connectivity index (χ4v) is 4.70. The Kier molecular flexibility index (Phi) is 6.74. The quantitative estimate of drug-likeness (QED) is 0.268. The van der Waals surface area contributed by atoms with Crippen LogP contribution in [-0.2, 0) is 11.5 Å². The summed E-state index contributed by atoms with van der Waals surface area (Å²) >= 11 is 0. The number of hydrogen-bond donors (Lipinski definition) is 0. The van der Waals surface area contributed by atoms with Gasteiger partial charge in [-0.15, -0.1) is 0 Å². The maximum absolute atomic E-state index is 11.3. The molecule has 1 aliphatic heterocycles. The van der Waals surface area contributed by atoms with Gasteiger partial charge in [-0.2, -0.15) is 0 Å². The summed E-state index contributed by atoms with van der Waals surface area (Å²) in [6, 6.07) is 8.17. The van der Waals surface area contributed by atoms with Crippen LogP contribution in [0.4, 0.5) is 11.4 Å². The van der Waals surface area contributed by atoms with Gasteiger partial charge >= 0.3 is 0 Å². The van der Waals surface area contributed by atoms with Crippen LogP contribution in [0.15, 0.2) is 30.6 Å². The van der Waals surface area contributed by atoms with Crippen LogP contribution in [0.3, 0.4) is 0 Å². The average molecular weight is 417 g/mol. The lowest BCUT2D eigenvalue weighted by Crippen LogP contribution is -2.34. The number of nitro groups is 1. The van der Waals surface area contributed by atoms with Gasteiger partial charge in [-0.3, -0.25) is 10.1 Å². The van der Waals surface area contributed by atoms with Gasteiger partial charge in [0.25, 0.3) is 5.69 Å². The highest BCUT2D eigenvalue weighted by atomic mass is 28.3. The summed E-state index contributed by atoms with van der Waals surface area (Å²) in [7, 11) is -1.09.